The minimum Gasteiger partial charge on any atom is -0.391 e. The van der Waals surface area contributed by atoms with E-state index in [4.69, 9.17) is 23.9 Å². The second-order valence-corrected chi connectivity index (χ2v) is 8.27. The molecular weight excluding hydrogens is 292 g/mol. The van der Waals surface area contributed by atoms with E-state index in [0.29, 0.717) is 37.9 Å². The molecule has 0 heterocycles. The summed E-state index contributed by atoms with van der Waals surface area (Å²) >= 11 is 0. The molecule has 4 N–H and O–H groups in total. The molecule has 6 nitrogen and oxygen atoms in total. The first-order valence-electron chi connectivity index (χ1n) is 7.71. The zero-order valence-corrected chi connectivity index (χ0v) is 14.5. The van der Waals surface area contributed by atoms with Gasteiger partial charge < -0.3 is 29.0 Å². The summed E-state index contributed by atoms with van der Waals surface area (Å²) < 4.78 is 10.8. The lowest BCUT2D eigenvalue weighted by Crippen LogP contribution is -2.34. The fourth-order valence-electron chi connectivity index (χ4n) is 1.78. The van der Waals surface area contributed by atoms with Gasteiger partial charge in [0.2, 0.25) is 0 Å². The zero-order valence-electron chi connectivity index (χ0n) is 13.5. The Morgan fingerprint density at radius 1 is 0.905 bits per heavy atom. The van der Waals surface area contributed by atoms with Crippen molar-refractivity contribution in [2.24, 2.45) is 11.8 Å². The fourth-order valence-corrected chi connectivity index (χ4v) is 2.40. The molecule has 0 fully saturated rings. The van der Waals surface area contributed by atoms with Gasteiger partial charge >= 0.3 is 8.80 Å². The van der Waals surface area contributed by atoms with Crippen LogP contribution in [0.1, 0.15) is 40.0 Å². The summed E-state index contributed by atoms with van der Waals surface area (Å²) in [5.41, 5.74) is 0. The molecule has 0 aromatic rings. The lowest BCUT2D eigenvalue weighted by molar-refractivity contribution is 0.0241. The number of rotatable bonds is 13. The average molecular weight is 324 g/mol. The van der Waals surface area contributed by atoms with Gasteiger partial charge in [0.05, 0.1) is 12.7 Å². The van der Waals surface area contributed by atoms with Crippen LogP contribution >= 0.6 is 0 Å². The maximum absolute atomic E-state index is 9.77. The Hall–Kier alpha value is -0.0231. The Morgan fingerprint density at radius 3 is 2.14 bits per heavy atom. The molecule has 2 unspecified atom stereocenters. The fraction of sp³-hybridized carbons (Fsp3) is 1.00. The van der Waals surface area contributed by atoms with Crippen molar-refractivity contribution in [3.05, 3.63) is 0 Å². The van der Waals surface area contributed by atoms with Gasteiger partial charge in [0.1, 0.15) is 0 Å². The predicted octanol–water partition coefficient (Wildman–Crippen LogP) is 0.759. The van der Waals surface area contributed by atoms with Crippen LogP contribution in [-0.4, -0.2) is 60.8 Å². The van der Waals surface area contributed by atoms with Crippen LogP contribution in [0, 0.1) is 11.8 Å². The largest absolute Gasteiger partial charge is 0.492 e. The van der Waals surface area contributed by atoms with Gasteiger partial charge in [0, 0.05) is 25.9 Å². The van der Waals surface area contributed by atoms with Crippen molar-refractivity contribution in [2.75, 3.05) is 26.4 Å². The molecule has 0 saturated heterocycles. The third-order valence-corrected chi connectivity index (χ3v) is 3.98. The highest BCUT2D eigenvalue weighted by Crippen LogP contribution is 2.10. The maximum Gasteiger partial charge on any atom is 0.492 e. The molecule has 0 radical (unpaired) electrons. The van der Waals surface area contributed by atoms with Crippen LogP contribution in [0.15, 0.2) is 0 Å². The standard InChI is InChI=1S/C14H32O6Si/c1-12(2)9-20-10-13(3)5-6-14(15)11-19-7-4-8-21(16,17)18/h12-18H,4-11H2,1-3H3. The number of aliphatic hydroxyl groups excluding tert-OH is 1. The van der Waals surface area contributed by atoms with E-state index in [-0.39, 0.29) is 12.7 Å². The van der Waals surface area contributed by atoms with Gasteiger partial charge in [0.15, 0.2) is 0 Å². The summed E-state index contributed by atoms with van der Waals surface area (Å²) in [7, 11) is -3.94. The highest BCUT2D eigenvalue weighted by Gasteiger charge is 2.25. The molecular formula is C14H32O6Si. The first-order chi connectivity index (χ1) is 9.70. The Morgan fingerprint density at radius 2 is 1.57 bits per heavy atom. The lowest BCUT2D eigenvalue weighted by atomic mass is 10.0. The summed E-state index contributed by atoms with van der Waals surface area (Å²) in [5.74, 6) is 0.943. The summed E-state index contributed by atoms with van der Waals surface area (Å²) in [4.78, 5) is 26.4. The van der Waals surface area contributed by atoms with Crippen LogP contribution in [-0.2, 0) is 9.47 Å². The Bertz CT molecular complexity index is 244. The monoisotopic (exact) mass is 324 g/mol. The summed E-state index contributed by atoms with van der Waals surface area (Å²) in [6.07, 6.45) is 1.40. The molecule has 0 aliphatic rings. The van der Waals surface area contributed by atoms with Gasteiger partial charge in [-0.2, -0.15) is 0 Å². The van der Waals surface area contributed by atoms with E-state index < -0.39 is 14.9 Å². The molecule has 0 aliphatic carbocycles. The molecule has 0 amide bonds. The lowest BCUT2D eigenvalue weighted by Gasteiger charge is -2.16. The van der Waals surface area contributed by atoms with Gasteiger partial charge in [-0.15, -0.1) is 0 Å². The van der Waals surface area contributed by atoms with Crippen molar-refractivity contribution in [1.82, 2.24) is 0 Å². The third kappa shape index (κ3) is 16.2. The normalized spacial score (nSPS) is 15.4. The van der Waals surface area contributed by atoms with Gasteiger partial charge in [0.25, 0.3) is 0 Å². The zero-order chi connectivity index (χ0) is 16.3. The molecule has 0 bridgehead atoms. The average Bonchev–Trinajstić information content (AvgIpc) is 2.34. The van der Waals surface area contributed by atoms with E-state index in [0.717, 1.165) is 13.0 Å². The molecule has 0 aliphatic heterocycles. The van der Waals surface area contributed by atoms with Gasteiger partial charge in [-0.25, -0.2) is 0 Å². The molecule has 0 aromatic heterocycles. The van der Waals surface area contributed by atoms with Crippen LogP contribution in [0.5, 0.6) is 0 Å². The summed E-state index contributed by atoms with van der Waals surface area (Å²) in [5, 5.41) is 9.77. The Balaban J connectivity index is 3.46. The molecule has 0 spiro atoms. The molecule has 7 heteroatoms. The highest BCUT2D eigenvalue weighted by atomic mass is 28.4. The van der Waals surface area contributed by atoms with E-state index in [1.54, 1.807) is 0 Å². The summed E-state index contributed by atoms with van der Waals surface area (Å²) in [6.45, 7) is 8.34. The predicted molar refractivity (Wildman–Crippen MR) is 82.7 cm³/mol. The molecule has 21 heavy (non-hydrogen) atoms. The van der Waals surface area contributed by atoms with Crippen molar-refractivity contribution in [1.29, 1.82) is 0 Å². The molecule has 0 aromatic carbocycles. The minimum absolute atomic E-state index is 0.0344. The van der Waals surface area contributed by atoms with Crippen LogP contribution in [0.3, 0.4) is 0 Å². The molecule has 2 atom stereocenters. The highest BCUT2D eigenvalue weighted by molar-refractivity contribution is 6.56. The smallest absolute Gasteiger partial charge is 0.391 e. The molecule has 0 saturated carbocycles. The number of aliphatic hydroxyl groups is 1. The first kappa shape index (κ1) is 21.0. The Labute approximate surface area is 129 Å². The second-order valence-electron chi connectivity index (χ2n) is 6.22. The molecule has 0 rings (SSSR count). The van der Waals surface area contributed by atoms with E-state index in [1.165, 1.54) is 0 Å². The van der Waals surface area contributed by atoms with Crippen molar-refractivity contribution < 1.29 is 29.0 Å². The minimum atomic E-state index is -3.94. The SMILES string of the molecule is CC(C)COCC(C)CCC(O)COCCC[Si](O)(O)O. The van der Waals surface area contributed by atoms with Crippen LogP contribution in [0.25, 0.3) is 0 Å². The quantitative estimate of drug-likeness (QED) is 0.295. The third-order valence-electron chi connectivity index (χ3n) is 2.96. The number of ether oxygens (including phenoxy) is 2. The van der Waals surface area contributed by atoms with Crippen LogP contribution < -0.4 is 0 Å². The van der Waals surface area contributed by atoms with Crippen molar-refractivity contribution in [2.45, 2.75) is 52.2 Å². The van der Waals surface area contributed by atoms with Crippen molar-refractivity contribution >= 4 is 8.80 Å². The van der Waals surface area contributed by atoms with Crippen molar-refractivity contribution in [3.8, 4) is 0 Å². The number of hydrogen-bond acceptors (Lipinski definition) is 6. The van der Waals surface area contributed by atoms with Gasteiger partial charge in [-0.1, -0.05) is 20.8 Å². The summed E-state index contributed by atoms with van der Waals surface area (Å²) in [6, 6.07) is -0.0344. The first-order valence-corrected chi connectivity index (χ1v) is 9.76. The van der Waals surface area contributed by atoms with Crippen LogP contribution in [0.2, 0.25) is 6.04 Å². The van der Waals surface area contributed by atoms with Gasteiger partial charge in [-0.05, 0) is 31.1 Å². The Kier molecular flexibility index (Phi) is 11.5. The topological polar surface area (TPSA) is 99.4 Å². The van der Waals surface area contributed by atoms with E-state index in [2.05, 4.69) is 20.8 Å². The molecule has 128 valence electrons. The van der Waals surface area contributed by atoms with E-state index in [9.17, 15) is 5.11 Å². The maximum atomic E-state index is 9.77. The van der Waals surface area contributed by atoms with E-state index in [1.807, 2.05) is 0 Å². The van der Waals surface area contributed by atoms with Crippen LogP contribution in [0.4, 0.5) is 0 Å². The number of hydrogen-bond donors (Lipinski definition) is 4. The van der Waals surface area contributed by atoms with Gasteiger partial charge in [-0.3, -0.25) is 0 Å². The second kappa shape index (κ2) is 11.5. The van der Waals surface area contributed by atoms with Crippen molar-refractivity contribution in [3.63, 3.8) is 0 Å². The van der Waals surface area contributed by atoms with E-state index >= 15 is 0 Å².